The Bertz CT molecular complexity index is 296. The van der Waals surface area contributed by atoms with Gasteiger partial charge in [-0.1, -0.05) is 58.0 Å². The van der Waals surface area contributed by atoms with Crippen LogP contribution in [-0.4, -0.2) is 14.3 Å². The minimum absolute atomic E-state index is 0.247. The van der Waals surface area contributed by atoms with Crippen molar-refractivity contribution in [3.05, 3.63) is 10.1 Å². The van der Waals surface area contributed by atoms with Gasteiger partial charge in [0.25, 0.3) is 5.06 Å². The molecule has 13 heavy (non-hydrogen) atoms. The van der Waals surface area contributed by atoms with Crippen LogP contribution in [0.3, 0.4) is 0 Å². The maximum atomic E-state index is 10.9. The summed E-state index contributed by atoms with van der Waals surface area (Å²) in [6, 6.07) is 0. The Balaban J connectivity index is 3.19. The molecule has 0 aromatic rings. The number of esters is 1. The zero-order valence-electron chi connectivity index (χ0n) is 5.58. The summed E-state index contributed by atoms with van der Waals surface area (Å²) >= 11 is 30.8. The summed E-state index contributed by atoms with van der Waals surface area (Å²) in [6.07, 6.45) is 0. The van der Waals surface area contributed by atoms with E-state index in [1.165, 1.54) is 0 Å². The minimum atomic E-state index is -1.88. The van der Waals surface area contributed by atoms with Gasteiger partial charge in [-0.2, -0.15) is 0 Å². The number of hydrogen-bond donors (Lipinski definition) is 0. The summed E-state index contributed by atoms with van der Waals surface area (Å²) in [5.41, 5.74) is 0. The molecule has 0 unspecified atom stereocenters. The van der Waals surface area contributed by atoms with Crippen molar-refractivity contribution < 1.29 is 9.53 Å². The molecule has 1 heterocycles. The molecule has 0 spiro atoms. The van der Waals surface area contributed by atoms with Crippen molar-refractivity contribution in [2.75, 3.05) is 0 Å². The van der Waals surface area contributed by atoms with E-state index in [4.69, 9.17) is 58.0 Å². The lowest BCUT2D eigenvalue weighted by Crippen LogP contribution is -2.37. The zero-order chi connectivity index (χ0) is 10.4. The van der Waals surface area contributed by atoms with Crippen molar-refractivity contribution in [1.29, 1.82) is 0 Å². The van der Waals surface area contributed by atoms with E-state index in [0.717, 1.165) is 0 Å². The molecule has 2 nitrogen and oxygen atoms in total. The molecule has 0 saturated carbocycles. The highest BCUT2D eigenvalue weighted by molar-refractivity contribution is 9.11. The second kappa shape index (κ2) is 3.62. The maximum absolute atomic E-state index is 10.9. The molecule has 0 N–H and O–H groups in total. The van der Waals surface area contributed by atoms with Gasteiger partial charge in [0, 0.05) is 0 Å². The number of ether oxygens (including phenoxy) is 1. The second-order valence-corrected chi connectivity index (χ2v) is 6.83. The van der Waals surface area contributed by atoms with E-state index >= 15 is 0 Å². The van der Waals surface area contributed by atoms with Gasteiger partial charge in [-0.15, -0.1) is 0 Å². The number of hydrogen-bond acceptors (Lipinski definition) is 2. The summed E-state index contributed by atoms with van der Waals surface area (Å²) in [4.78, 5) is 10.9. The van der Waals surface area contributed by atoms with E-state index in [1.54, 1.807) is 0 Å². The Morgan fingerprint density at radius 3 is 2.00 bits per heavy atom. The number of alkyl halides is 4. The fourth-order valence-corrected chi connectivity index (χ4v) is 2.03. The van der Waals surface area contributed by atoms with E-state index in [0.29, 0.717) is 0 Å². The van der Waals surface area contributed by atoms with Crippen molar-refractivity contribution >= 4 is 79.9 Å². The lowest BCUT2D eigenvalue weighted by molar-refractivity contribution is -0.140. The van der Waals surface area contributed by atoms with Gasteiger partial charge >= 0.3 is 5.97 Å². The molecule has 1 aliphatic rings. The van der Waals surface area contributed by atoms with Crippen LogP contribution in [0.15, 0.2) is 10.1 Å². The number of cyclic esters (lactones) is 1. The van der Waals surface area contributed by atoms with Crippen molar-refractivity contribution in [3.8, 4) is 0 Å². The first-order chi connectivity index (χ1) is 5.70. The molecule has 0 aliphatic carbocycles. The van der Waals surface area contributed by atoms with Crippen molar-refractivity contribution in [2.24, 2.45) is 0 Å². The monoisotopic (exact) mass is 346 g/mol. The molecule has 1 atom stereocenters. The van der Waals surface area contributed by atoms with Crippen LogP contribution in [0.5, 0.6) is 0 Å². The highest BCUT2D eigenvalue weighted by atomic mass is 79.9. The Labute approximate surface area is 107 Å². The maximum Gasteiger partial charge on any atom is 0.353 e. The van der Waals surface area contributed by atoms with Crippen LogP contribution in [0.4, 0.5) is 0 Å². The number of halogens is 6. The predicted molar refractivity (Wildman–Crippen MR) is 56.8 cm³/mol. The van der Waals surface area contributed by atoms with Crippen LogP contribution in [0, 0.1) is 0 Å². The van der Waals surface area contributed by atoms with Crippen LogP contribution in [-0.2, 0) is 9.53 Å². The zero-order valence-corrected chi connectivity index (χ0v) is 10.9. The third-order valence-corrected chi connectivity index (χ3v) is 4.31. The number of carbonyl (C=O) groups excluding carboxylic acids is 1. The first-order valence-corrected chi connectivity index (χ1v) is 5.43. The molecule has 0 amide bonds. The van der Waals surface area contributed by atoms with Crippen LogP contribution < -0.4 is 0 Å². The molecule has 0 aromatic heterocycles. The first kappa shape index (κ1) is 12.2. The van der Waals surface area contributed by atoms with Crippen molar-refractivity contribution in [3.63, 3.8) is 0 Å². The first-order valence-electron chi connectivity index (χ1n) is 2.75. The highest BCUT2D eigenvalue weighted by Crippen LogP contribution is 2.54. The fraction of sp³-hybridized carbons (Fsp3) is 0.400. The van der Waals surface area contributed by atoms with E-state index in [-0.39, 0.29) is 10.1 Å². The minimum Gasteiger partial charge on any atom is -0.429 e. The summed E-state index contributed by atoms with van der Waals surface area (Å²) in [7, 11) is 0. The van der Waals surface area contributed by atoms with Gasteiger partial charge in [-0.25, -0.2) is 4.79 Å². The lowest BCUT2D eigenvalue weighted by Gasteiger charge is -2.28. The Kier molecular flexibility index (Phi) is 3.40. The van der Waals surface area contributed by atoms with Gasteiger partial charge in [0.15, 0.2) is 0 Å². The fourth-order valence-electron chi connectivity index (χ4n) is 0.630. The normalized spacial score (nSPS) is 29.5. The molecule has 0 aromatic carbocycles. The SMILES string of the molecule is O=C1O[C@@](Cl)(C(Cl)(Cl)Br)C(Cl)=C1Cl. The average molecular weight is 349 g/mol. The highest BCUT2D eigenvalue weighted by Gasteiger charge is 2.58. The van der Waals surface area contributed by atoms with Crippen molar-refractivity contribution in [2.45, 2.75) is 8.30 Å². The van der Waals surface area contributed by atoms with Gasteiger partial charge in [-0.05, 0) is 15.9 Å². The summed E-state index contributed by atoms with van der Waals surface area (Å²) in [6.45, 7) is 0. The molecular weight excluding hydrogens is 349 g/mol. The molecule has 1 aliphatic heterocycles. The van der Waals surface area contributed by atoms with Gasteiger partial charge in [0.1, 0.15) is 10.1 Å². The summed E-state index contributed by atoms with van der Waals surface area (Å²) in [5, 5.41) is -2.46. The van der Waals surface area contributed by atoms with Gasteiger partial charge in [0.05, 0.1) is 0 Å². The summed E-state index contributed by atoms with van der Waals surface area (Å²) < 4.78 is 2.87. The Morgan fingerprint density at radius 2 is 1.85 bits per heavy atom. The lowest BCUT2D eigenvalue weighted by atomic mass is 10.4. The quantitative estimate of drug-likeness (QED) is 0.533. The van der Waals surface area contributed by atoms with E-state index in [2.05, 4.69) is 20.7 Å². The van der Waals surface area contributed by atoms with E-state index in [9.17, 15) is 4.79 Å². The van der Waals surface area contributed by atoms with Crippen LogP contribution in [0.2, 0.25) is 0 Å². The molecule has 1 rings (SSSR count). The van der Waals surface area contributed by atoms with Crippen LogP contribution >= 0.6 is 73.9 Å². The Morgan fingerprint density at radius 1 is 1.38 bits per heavy atom. The smallest absolute Gasteiger partial charge is 0.353 e. The molecule has 0 radical (unpaired) electrons. The second-order valence-electron chi connectivity index (χ2n) is 2.11. The third-order valence-electron chi connectivity index (χ3n) is 1.25. The number of carbonyl (C=O) groups is 1. The Hall–Kier alpha value is 1.14. The molecule has 0 fully saturated rings. The van der Waals surface area contributed by atoms with E-state index < -0.39 is 14.3 Å². The largest absolute Gasteiger partial charge is 0.429 e. The standard InChI is InChI=1S/C5BrCl5O2/c6-5(10,11)4(9)2(8)1(7)3(12)13-4/t4-/m1/s1. The van der Waals surface area contributed by atoms with Gasteiger partial charge in [0.2, 0.25) is 3.24 Å². The predicted octanol–water partition coefficient (Wildman–Crippen LogP) is 3.69. The number of rotatable bonds is 1. The van der Waals surface area contributed by atoms with Gasteiger partial charge in [-0.3, -0.25) is 0 Å². The molecule has 0 bridgehead atoms. The van der Waals surface area contributed by atoms with Crippen molar-refractivity contribution in [1.82, 2.24) is 0 Å². The molecule has 0 saturated heterocycles. The summed E-state index contributed by atoms with van der Waals surface area (Å²) in [5.74, 6) is -0.869. The molecule has 74 valence electrons. The van der Waals surface area contributed by atoms with Gasteiger partial charge < -0.3 is 4.74 Å². The van der Waals surface area contributed by atoms with Crippen LogP contribution in [0.25, 0.3) is 0 Å². The average Bonchev–Trinajstić information content (AvgIpc) is 2.15. The molecular formula is C5BrCl5O2. The van der Waals surface area contributed by atoms with Crippen LogP contribution in [0.1, 0.15) is 0 Å². The van der Waals surface area contributed by atoms with E-state index in [1.807, 2.05) is 0 Å². The third kappa shape index (κ3) is 1.92. The topological polar surface area (TPSA) is 26.3 Å². The molecule has 8 heteroatoms.